The van der Waals surface area contributed by atoms with Crippen molar-refractivity contribution in [3.8, 4) is 0 Å². The number of benzene rings is 1. The van der Waals surface area contributed by atoms with Gasteiger partial charge in [-0.1, -0.05) is 24.3 Å². The lowest BCUT2D eigenvalue weighted by Gasteiger charge is -2.17. The lowest BCUT2D eigenvalue weighted by Crippen LogP contribution is -2.20. The minimum absolute atomic E-state index is 0.716. The summed E-state index contributed by atoms with van der Waals surface area (Å²) >= 11 is 0. The fourth-order valence-electron chi connectivity index (χ4n) is 2.59. The van der Waals surface area contributed by atoms with Crippen LogP contribution < -0.4 is 4.90 Å². The maximum atomic E-state index is 4.55. The first-order valence-electron chi connectivity index (χ1n) is 6.15. The molecule has 3 aromatic rings. The second kappa shape index (κ2) is 3.63. The number of fused-ring (bicyclic) bond motifs is 3. The van der Waals surface area contributed by atoms with Gasteiger partial charge in [-0.25, -0.2) is 0 Å². The minimum Gasteiger partial charge on any atom is -0.355 e. The molecule has 1 aromatic carbocycles. The van der Waals surface area contributed by atoms with Crippen LogP contribution in [-0.2, 0) is 0 Å². The van der Waals surface area contributed by atoms with Gasteiger partial charge >= 0.3 is 0 Å². The Bertz CT molecular complexity index is 713. The van der Waals surface area contributed by atoms with E-state index in [-0.39, 0.29) is 0 Å². The van der Waals surface area contributed by atoms with Crippen LogP contribution in [0.15, 0.2) is 24.3 Å². The van der Waals surface area contributed by atoms with E-state index in [0.29, 0.717) is 5.65 Å². The molecular weight excluding hydrogens is 228 g/mol. The third-order valence-corrected chi connectivity index (χ3v) is 3.46. The highest BCUT2D eigenvalue weighted by atomic mass is 15.6. The van der Waals surface area contributed by atoms with E-state index in [4.69, 9.17) is 0 Å². The van der Waals surface area contributed by atoms with Crippen molar-refractivity contribution >= 4 is 22.2 Å². The van der Waals surface area contributed by atoms with E-state index < -0.39 is 0 Å². The standard InChI is InChI=1S/C12H12N6/c1-2-6-10-9(5-1)11-13-15-16-18(11)14-12(10)17-7-3-4-8-17/h1-2,5-6H,3-4,7-8H2. The van der Waals surface area contributed by atoms with E-state index in [1.807, 2.05) is 18.2 Å². The van der Waals surface area contributed by atoms with Crippen LogP contribution in [-0.4, -0.2) is 38.3 Å². The van der Waals surface area contributed by atoms with Gasteiger partial charge in [0.25, 0.3) is 0 Å². The second-order valence-electron chi connectivity index (χ2n) is 4.56. The first kappa shape index (κ1) is 9.76. The monoisotopic (exact) mass is 240 g/mol. The van der Waals surface area contributed by atoms with Gasteiger partial charge in [0.2, 0.25) is 5.65 Å². The van der Waals surface area contributed by atoms with Crippen molar-refractivity contribution in [2.75, 3.05) is 18.0 Å². The Morgan fingerprint density at radius 1 is 1.00 bits per heavy atom. The predicted molar refractivity (Wildman–Crippen MR) is 67.5 cm³/mol. The summed E-state index contributed by atoms with van der Waals surface area (Å²) in [5.41, 5.74) is 0.716. The zero-order valence-corrected chi connectivity index (χ0v) is 9.82. The summed E-state index contributed by atoms with van der Waals surface area (Å²) in [4.78, 5) is 2.31. The van der Waals surface area contributed by atoms with Gasteiger partial charge in [-0.05, 0) is 23.3 Å². The van der Waals surface area contributed by atoms with E-state index in [0.717, 1.165) is 29.7 Å². The topological polar surface area (TPSA) is 59.2 Å². The summed E-state index contributed by atoms with van der Waals surface area (Å²) in [7, 11) is 0. The molecule has 0 unspecified atom stereocenters. The van der Waals surface area contributed by atoms with Crippen molar-refractivity contribution in [2.45, 2.75) is 12.8 Å². The first-order chi connectivity index (χ1) is 8.93. The van der Waals surface area contributed by atoms with Crippen LogP contribution >= 0.6 is 0 Å². The number of anilines is 1. The maximum absolute atomic E-state index is 4.55. The molecule has 1 aliphatic heterocycles. The Morgan fingerprint density at radius 2 is 1.78 bits per heavy atom. The van der Waals surface area contributed by atoms with Gasteiger partial charge < -0.3 is 4.90 Å². The van der Waals surface area contributed by atoms with E-state index in [1.165, 1.54) is 17.5 Å². The van der Waals surface area contributed by atoms with E-state index >= 15 is 0 Å². The summed E-state index contributed by atoms with van der Waals surface area (Å²) in [6.07, 6.45) is 2.45. The summed E-state index contributed by atoms with van der Waals surface area (Å²) in [5.74, 6) is 0.989. The molecule has 0 N–H and O–H groups in total. The SMILES string of the molecule is c1ccc2c(c1)c(N1CCCC1)nn1nnnc21. The van der Waals surface area contributed by atoms with Crippen LogP contribution in [0.1, 0.15) is 12.8 Å². The van der Waals surface area contributed by atoms with Crippen molar-refractivity contribution in [1.29, 1.82) is 0 Å². The molecule has 0 spiro atoms. The van der Waals surface area contributed by atoms with Gasteiger partial charge in [-0.2, -0.15) is 0 Å². The maximum Gasteiger partial charge on any atom is 0.207 e. The van der Waals surface area contributed by atoms with Crippen LogP contribution in [0, 0.1) is 0 Å². The third kappa shape index (κ3) is 1.28. The molecule has 3 heterocycles. The Kier molecular flexibility index (Phi) is 1.97. The van der Waals surface area contributed by atoms with Crippen molar-refractivity contribution in [2.24, 2.45) is 0 Å². The number of tetrazole rings is 1. The molecule has 2 aromatic heterocycles. The average molecular weight is 240 g/mol. The molecular formula is C12H12N6. The molecule has 18 heavy (non-hydrogen) atoms. The Hall–Kier alpha value is -2.24. The first-order valence-corrected chi connectivity index (χ1v) is 6.15. The molecule has 0 radical (unpaired) electrons. The quantitative estimate of drug-likeness (QED) is 0.641. The molecule has 0 amide bonds. The Morgan fingerprint density at radius 3 is 2.61 bits per heavy atom. The molecule has 1 fully saturated rings. The molecule has 4 rings (SSSR count). The summed E-state index contributed by atoms with van der Waals surface area (Å²) in [6, 6.07) is 8.17. The van der Waals surface area contributed by atoms with E-state index in [9.17, 15) is 0 Å². The molecule has 1 aliphatic rings. The zero-order chi connectivity index (χ0) is 11.9. The number of nitrogens with zero attached hydrogens (tertiary/aromatic N) is 6. The van der Waals surface area contributed by atoms with Crippen LogP contribution in [0.25, 0.3) is 16.4 Å². The van der Waals surface area contributed by atoms with Crippen molar-refractivity contribution in [3.63, 3.8) is 0 Å². The van der Waals surface area contributed by atoms with Crippen LogP contribution in [0.5, 0.6) is 0 Å². The fraction of sp³-hybridized carbons (Fsp3) is 0.333. The normalized spacial score (nSPS) is 15.9. The van der Waals surface area contributed by atoms with Crippen LogP contribution in [0.4, 0.5) is 5.82 Å². The highest BCUT2D eigenvalue weighted by Gasteiger charge is 2.18. The van der Waals surface area contributed by atoms with Gasteiger partial charge in [-0.3, -0.25) is 0 Å². The smallest absolute Gasteiger partial charge is 0.207 e. The molecule has 0 saturated carbocycles. The molecule has 1 saturated heterocycles. The van der Waals surface area contributed by atoms with Gasteiger partial charge in [-0.15, -0.1) is 14.8 Å². The summed E-state index contributed by atoms with van der Waals surface area (Å²) < 4.78 is 1.52. The molecule has 0 aliphatic carbocycles. The van der Waals surface area contributed by atoms with Crippen molar-refractivity contribution in [3.05, 3.63) is 24.3 Å². The second-order valence-corrected chi connectivity index (χ2v) is 4.56. The summed E-state index contributed by atoms with van der Waals surface area (Å²) in [6.45, 7) is 2.12. The highest BCUT2D eigenvalue weighted by molar-refractivity contribution is 5.99. The van der Waals surface area contributed by atoms with E-state index in [1.54, 1.807) is 0 Å². The van der Waals surface area contributed by atoms with Crippen LogP contribution in [0.2, 0.25) is 0 Å². The number of rotatable bonds is 1. The largest absolute Gasteiger partial charge is 0.355 e. The molecule has 90 valence electrons. The Balaban J connectivity index is 2.08. The van der Waals surface area contributed by atoms with Gasteiger partial charge in [0.05, 0.1) is 0 Å². The van der Waals surface area contributed by atoms with Crippen LogP contribution in [0.3, 0.4) is 0 Å². The van der Waals surface area contributed by atoms with Gasteiger partial charge in [0.1, 0.15) is 0 Å². The molecule has 6 heteroatoms. The zero-order valence-electron chi connectivity index (χ0n) is 9.82. The number of hydrogen-bond acceptors (Lipinski definition) is 5. The fourth-order valence-corrected chi connectivity index (χ4v) is 2.59. The lowest BCUT2D eigenvalue weighted by atomic mass is 10.2. The minimum atomic E-state index is 0.716. The van der Waals surface area contributed by atoms with Gasteiger partial charge in [0.15, 0.2) is 5.82 Å². The van der Waals surface area contributed by atoms with Crippen molar-refractivity contribution in [1.82, 2.24) is 25.3 Å². The number of hydrogen-bond donors (Lipinski definition) is 0. The molecule has 0 atom stereocenters. The summed E-state index contributed by atoms with van der Waals surface area (Å²) in [5, 5.41) is 18.4. The molecule has 0 bridgehead atoms. The van der Waals surface area contributed by atoms with E-state index in [2.05, 4.69) is 31.6 Å². The Labute approximate surface area is 103 Å². The van der Waals surface area contributed by atoms with Gasteiger partial charge in [0, 0.05) is 23.9 Å². The predicted octanol–water partition coefficient (Wildman–Crippen LogP) is 1.27. The average Bonchev–Trinajstić information content (AvgIpc) is 3.09. The third-order valence-electron chi connectivity index (χ3n) is 3.46. The molecule has 6 nitrogen and oxygen atoms in total. The number of aromatic nitrogens is 5. The highest BCUT2D eigenvalue weighted by Crippen LogP contribution is 2.28. The van der Waals surface area contributed by atoms with Crippen molar-refractivity contribution < 1.29 is 0 Å². The lowest BCUT2D eigenvalue weighted by molar-refractivity contribution is 0.726.